The van der Waals surface area contributed by atoms with E-state index < -0.39 is 0 Å². The first-order chi connectivity index (χ1) is 5.81. The molecule has 0 amide bonds. The van der Waals surface area contributed by atoms with Gasteiger partial charge in [-0.3, -0.25) is 4.99 Å². The number of nitrogens with one attached hydrogen (secondary N) is 1. The summed E-state index contributed by atoms with van der Waals surface area (Å²) in [5.74, 6) is 0.372. The number of hydrogen-bond acceptors (Lipinski definition) is 3. The van der Waals surface area contributed by atoms with Crippen LogP contribution < -0.4 is 11.1 Å². The van der Waals surface area contributed by atoms with Gasteiger partial charge in [0.25, 0.3) is 0 Å². The first-order valence-electron chi connectivity index (χ1n) is 3.96. The van der Waals surface area contributed by atoms with Gasteiger partial charge in [0.05, 0.1) is 0 Å². The summed E-state index contributed by atoms with van der Waals surface area (Å²) in [7, 11) is 1.61. The number of nitrogens with zero attached hydrogens (tertiary/aromatic N) is 1. The number of rotatable bonds is 6. The summed E-state index contributed by atoms with van der Waals surface area (Å²) in [5, 5.41) is 11.2. The van der Waals surface area contributed by atoms with Gasteiger partial charge in [-0.1, -0.05) is 0 Å². The Kier molecular flexibility index (Phi) is 7.73. The van der Waals surface area contributed by atoms with Crippen LogP contribution in [-0.4, -0.2) is 38.1 Å². The topological polar surface area (TPSA) is 79.9 Å². The van der Waals surface area contributed by atoms with Gasteiger partial charge >= 0.3 is 0 Å². The van der Waals surface area contributed by atoms with Gasteiger partial charge in [0.2, 0.25) is 0 Å². The predicted octanol–water partition coefficient (Wildman–Crippen LogP) is -0.733. The fourth-order valence-corrected chi connectivity index (χ4v) is 0.592. The number of nitrogens with two attached hydrogens (primary N) is 1. The Hall–Kier alpha value is -0.810. The molecular weight excluding hydrogens is 158 g/mol. The van der Waals surface area contributed by atoms with Crippen molar-refractivity contribution in [2.75, 3.05) is 27.0 Å². The van der Waals surface area contributed by atoms with Crippen LogP contribution in [0.5, 0.6) is 0 Å². The molecule has 4 N–H and O–H groups in total. The molecule has 0 radical (unpaired) electrons. The van der Waals surface area contributed by atoms with E-state index in [9.17, 15) is 0 Å². The zero-order valence-corrected chi connectivity index (χ0v) is 7.42. The van der Waals surface area contributed by atoms with E-state index in [1.54, 1.807) is 7.05 Å². The van der Waals surface area contributed by atoms with E-state index in [-0.39, 0.29) is 6.61 Å². The highest BCUT2D eigenvalue weighted by atomic mass is 16.5. The molecule has 0 heterocycles. The summed E-state index contributed by atoms with van der Waals surface area (Å²) < 4.78 is 5.13. The van der Waals surface area contributed by atoms with E-state index in [4.69, 9.17) is 15.6 Å². The molecule has 0 fully saturated rings. The number of aliphatic imine (C=N–C) groups is 1. The van der Waals surface area contributed by atoms with Crippen LogP contribution in [0.2, 0.25) is 0 Å². The molecule has 0 rings (SSSR count). The molecule has 0 saturated heterocycles. The molecule has 72 valence electrons. The molecule has 0 saturated carbocycles. The summed E-state index contributed by atoms with van der Waals surface area (Å²) in [5.41, 5.74) is 5.33. The Morgan fingerprint density at radius 1 is 1.58 bits per heavy atom. The van der Waals surface area contributed by atoms with Crippen LogP contribution in [0.4, 0.5) is 0 Å². The Morgan fingerprint density at radius 2 is 2.33 bits per heavy atom. The minimum absolute atomic E-state index is 0.218. The second-order valence-electron chi connectivity index (χ2n) is 2.27. The molecule has 0 aliphatic heterocycles. The van der Waals surface area contributed by atoms with Crippen LogP contribution >= 0.6 is 0 Å². The van der Waals surface area contributed by atoms with E-state index in [1.165, 1.54) is 0 Å². The minimum atomic E-state index is 0.218. The summed E-state index contributed by atoms with van der Waals surface area (Å²) in [6, 6.07) is 0. The van der Waals surface area contributed by atoms with Crippen molar-refractivity contribution in [1.29, 1.82) is 0 Å². The van der Waals surface area contributed by atoms with Gasteiger partial charge in [0.1, 0.15) is 6.73 Å². The van der Waals surface area contributed by atoms with Crippen molar-refractivity contribution in [2.24, 2.45) is 10.7 Å². The zero-order chi connectivity index (χ0) is 9.23. The quantitative estimate of drug-likeness (QED) is 0.215. The maximum atomic E-state index is 8.44. The highest BCUT2D eigenvalue weighted by Gasteiger charge is 1.89. The molecule has 5 heteroatoms. The zero-order valence-electron chi connectivity index (χ0n) is 7.42. The maximum absolute atomic E-state index is 8.44. The summed E-state index contributed by atoms with van der Waals surface area (Å²) >= 11 is 0. The van der Waals surface area contributed by atoms with Crippen molar-refractivity contribution in [3.05, 3.63) is 0 Å². The van der Waals surface area contributed by atoms with Gasteiger partial charge in [-0.15, -0.1) is 0 Å². The highest BCUT2D eigenvalue weighted by molar-refractivity contribution is 5.77. The Morgan fingerprint density at radius 3 is 2.92 bits per heavy atom. The van der Waals surface area contributed by atoms with E-state index in [1.807, 2.05) is 0 Å². The third kappa shape index (κ3) is 7.30. The van der Waals surface area contributed by atoms with Gasteiger partial charge in [0, 0.05) is 20.3 Å². The molecule has 12 heavy (non-hydrogen) atoms. The highest BCUT2D eigenvalue weighted by Crippen LogP contribution is 1.86. The predicted molar refractivity (Wildman–Crippen MR) is 47.8 cm³/mol. The third-order valence-electron chi connectivity index (χ3n) is 1.29. The number of guanidine groups is 1. The molecule has 5 nitrogen and oxygen atoms in total. The number of ether oxygens (including phenoxy) is 1. The van der Waals surface area contributed by atoms with Crippen molar-refractivity contribution < 1.29 is 9.84 Å². The summed E-state index contributed by atoms with van der Waals surface area (Å²) in [6.07, 6.45) is 1.64. The van der Waals surface area contributed by atoms with Gasteiger partial charge in [-0.25, -0.2) is 0 Å². The van der Waals surface area contributed by atoms with Crippen LogP contribution in [0.1, 0.15) is 12.8 Å². The van der Waals surface area contributed by atoms with Crippen LogP contribution in [-0.2, 0) is 4.74 Å². The first-order valence-corrected chi connectivity index (χ1v) is 3.96. The van der Waals surface area contributed by atoms with E-state index in [0.29, 0.717) is 19.3 Å². The second-order valence-corrected chi connectivity index (χ2v) is 2.27. The van der Waals surface area contributed by atoms with E-state index >= 15 is 0 Å². The Balaban J connectivity index is 3.00. The molecular formula is C7H17N3O2. The smallest absolute Gasteiger partial charge is 0.190 e. The number of unbranched alkanes of at least 4 members (excludes halogenated alkanes) is 1. The van der Waals surface area contributed by atoms with Crippen LogP contribution in [0.15, 0.2) is 4.99 Å². The fourth-order valence-electron chi connectivity index (χ4n) is 0.592. The monoisotopic (exact) mass is 175 g/mol. The van der Waals surface area contributed by atoms with E-state index in [0.717, 1.165) is 12.8 Å². The normalized spacial score (nSPS) is 11.7. The fraction of sp³-hybridized carbons (Fsp3) is 0.857. The van der Waals surface area contributed by atoms with Crippen molar-refractivity contribution in [3.8, 4) is 0 Å². The van der Waals surface area contributed by atoms with Crippen molar-refractivity contribution in [3.63, 3.8) is 0 Å². The minimum Gasteiger partial charge on any atom is -0.396 e. The van der Waals surface area contributed by atoms with Crippen molar-refractivity contribution >= 4 is 5.96 Å². The largest absolute Gasteiger partial charge is 0.396 e. The standard InChI is InChI=1S/C7H17N3O2/c1-9-7(8)10-6-12-5-3-2-4-11/h11H,2-6H2,1H3,(H3,8,9,10). The lowest BCUT2D eigenvalue weighted by atomic mass is 10.3. The molecule has 0 aromatic carbocycles. The molecule has 0 atom stereocenters. The maximum Gasteiger partial charge on any atom is 0.190 e. The van der Waals surface area contributed by atoms with Crippen LogP contribution in [0.25, 0.3) is 0 Å². The van der Waals surface area contributed by atoms with Crippen LogP contribution in [0, 0.1) is 0 Å². The lowest BCUT2D eigenvalue weighted by Gasteiger charge is -2.05. The number of aliphatic hydroxyl groups is 1. The van der Waals surface area contributed by atoms with Crippen molar-refractivity contribution in [1.82, 2.24) is 5.32 Å². The van der Waals surface area contributed by atoms with Crippen molar-refractivity contribution in [2.45, 2.75) is 12.8 Å². The summed E-state index contributed by atoms with van der Waals surface area (Å²) in [4.78, 5) is 3.69. The molecule has 0 aromatic rings. The lowest BCUT2D eigenvalue weighted by Crippen LogP contribution is -2.33. The SMILES string of the molecule is CN=C(N)NCOCCCCO. The molecule has 0 aromatic heterocycles. The Labute approximate surface area is 72.6 Å². The van der Waals surface area contributed by atoms with Gasteiger partial charge < -0.3 is 20.9 Å². The summed E-state index contributed by atoms with van der Waals surface area (Å²) in [6.45, 7) is 1.22. The lowest BCUT2D eigenvalue weighted by molar-refractivity contribution is 0.120. The van der Waals surface area contributed by atoms with Gasteiger partial charge in [-0.2, -0.15) is 0 Å². The number of hydrogen-bond donors (Lipinski definition) is 3. The second kappa shape index (κ2) is 8.29. The average molecular weight is 175 g/mol. The van der Waals surface area contributed by atoms with Crippen LogP contribution in [0.3, 0.4) is 0 Å². The third-order valence-corrected chi connectivity index (χ3v) is 1.29. The molecule has 0 aliphatic carbocycles. The van der Waals surface area contributed by atoms with Gasteiger partial charge in [0.15, 0.2) is 5.96 Å². The average Bonchev–Trinajstić information content (AvgIpc) is 2.10. The molecule has 0 unspecified atom stereocenters. The first kappa shape index (κ1) is 11.2. The molecule has 0 spiro atoms. The molecule has 0 aliphatic rings. The van der Waals surface area contributed by atoms with Gasteiger partial charge in [-0.05, 0) is 12.8 Å². The Bertz CT molecular complexity index is 128. The van der Waals surface area contributed by atoms with E-state index in [2.05, 4.69) is 10.3 Å². The molecule has 0 bridgehead atoms. The number of aliphatic hydroxyl groups excluding tert-OH is 1.